The Morgan fingerprint density at radius 3 is 2.52 bits per heavy atom. The van der Waals surface area contributed by atoms with Crippen molar-refractivity contribution in [3.8, 4) is 0 Å². The van der Waals surface area contributed by atoms with Crippen molar-refractivity contribution in [1.29, 1.82) is 0 Å². The maximum atomic E-state index is 12.5. The molecule has 2 amide bonds. The van der Waals surface area contributed by atoms with Gasteiger partial charge in [-0.25, -0.2) is 4.79 Å². The first-order chi connectivity index (χ1) is 10.1. The largest absolute Gasteiger partial charge is 0.481 e. The maximum absolute atomic E-state index is 12.5. The Hall–Kier alpha value is -1.30. The van der Waals surface area contributed by atoms with E-state index in [4.69, 9.17) is 5.11 Å². The van der Waals surface area contributed by atoms with Crippen molar-refractivity contribution in [2.24, 2.45) is 5.92 Å². The van der Waals surface area contributed by atoms with E-state index in [2.05, 4.69) is 17.6 Å². The smallest absolute Gasteiger partial charge is 0.317 e. The van der Waals surface area contributed by atoms with Crippen LogP contribution in [0.5, 0.6) is 0 Å². The number of aliphatic carboxylic acids is 1. The van der Waals surface area contributed by atoms with Crippen molar-refractivity contribution in [2.75, 3.05) is 19.6 Å². The van der Waals surface area contributed by atoms with Crippen LogP contribution in [0.1, 0.15) is 45.4 Å². The van der Waals surface area contributed by atoms with E-state index in [-0.39, 0.29) is 18.0 Å². The van der Waals surface area contributed by atoms with Gasteiger partial charge in [-0.05, 0) is 51.6 Å². The summed E-state index contributed by atoms with van der Waals surface area (Å²) >= 11 is 0. The third kappa shape index (κ3) is 4.33. The fourth-order valence-corrected chi connectivity index (χ4v) is 3.40. The highest BCUT2D eigenvalue weighted by Gasteiger charge is 2.32. The summed E-state index contributed by atoms with van der Waals surface area (Å²) < 4.78 is 0. The van der Waals surface area contributed by atoms with Gasteiger partial charge >= 0.3 is 12.0 Å². The third-order valence-electron chi connectivity index (χ3n) is 4.58. The van der Waals surface area contributed by atoms with Gasteiger partial charge in [0, 0.05) is 18.6 Å². The van der Waals surface area contributed by atoms with E-state index >= 15 is 0 Å². The van der Waals surface area contributed by atoms with Crippen LogP contribution in [0.25, 0.3) is 0 Å². The topological polar surface area (TPSA) is 81.7 Å². The van der Waals surface area contributed by atoms with Crippen LogP contribution in [-0.2, 0) is 4.79 Å². The number of hydrogen-bond donors (Lipinski definition) is 3. The van der Waals surface area contributed by atoms with Gasteiger partial charge in [-0.15, -0.1) is 0 Å². The number of nitrogens with one attached hydrogen (secondary N) is 2. The van der Waals surface area contributed by atoms with Crippen molar-refractivity contribution in [3.05, 3.63) is 0 Å². The summed E-state index contributed by atoms with van der Waals surface area (Å²) in [6.45, 7) is 4.77. The van der Waals surface area contributed by atoms with Crippen LogP contribution in [0.15, 0.2) is 0 Å². The van der Waals surface area contributed by atoms with Crippen LogP contribution in [0.3, 0.4) is 0 Å². The average molecular weight is 297 g/mol. The fourth-order valence-electron chi connectivity index (χ4n) is 3.40. The summed E-state index contributed by atoms with van der Waals surface area (Å²) in [6, 6.07) is 0.308. The molecule has 0 radical (unpaired) electrons. The molecule has 1 aliphatic heterocycles. The molecule has 6 nitrogen and oxygen atoms in total. The molecule has 1 saturated carbocycles. The molecule has 0 bridgehead atoms. The second kappa shape index (κ2) is 7.64. The Balaban J connectivity index is 1.88. The normalized spacial score (nSPS) is 26.5. The van der Waals surface area contributed by atoms with Crippen LogP contribution in [-0.4, -0.2) is 53.7 Å². The highest BCUT2D eigenvalue weighted by molar-refractivity contribution is 5.75. The second-order valence-corrected chi connectivity index (χ2v) is 6.17. The quantitative estimate of drug-likeness (QED) is 0.716. The minimum atomic E-state index is -0.740. The lowest BCUT2D eigenvalue weighted by molar-refractivity contribution is -0.141. The van der Waals surface area contributed by atoms with Gasteiger partial charge in [0.1, 0.15) is 0 Å². The highest BCUT2D eigenvalue weighted by Crippen LogP contribution is 2.26. The van der Waals surface area contributed by atoms with E-state index < -0.39 is 5.97 Å². The number of amides is 2. The number of nitrogens with zero attached hydrogens (tertiary/aromatic N) is 1. The zero-order valence-corrected chi connectivity index (χ0v) is 12.8. The molecule has 2 atom stereocenters. The Kier molecular flexibility index (Phi) is 5.85. The number of carboxylic acids is 1. The number of carboxylic acid groups (broad SMARTS) is 1. The third-order valence-corrected chi connectivity index (χ3v) is 4.58. The molecular formula is C15H27N3O3. The fraction of sp³-hybridized carbons (Fsp3) is 0.867. The van der Waals surface area contributed by atoms with Crippen LogP contribution in [0.2, 0.25) is 0 Å². The van der Waals surface area contributed by atoms with Gasteiger partial charge in [0.05, 0.1) is 5.92 Å². The van der Waals surface area contributed by atoms with Crippen LogP contribution < -0.4 is 10.6 Å². The van der Waals surface area contributed by atoms with E-state index in [1.54, 1.807) is 0 Å². The Bertz CT molecular complexity index is 369. The van der Waals surface area contributed by atoms with E-state index in [1.807, 2.05) is 4.90 Å². The lowest BCUT2D eigenvalue weighted by Gasteiger charge is -2.35. The molecule has 1 aliphatic carbocycles. The van der Waals surface area contributed by atoms with Gasteiger partial charge < -0.3 is 20.6 Å². The molecule has 2 rings (SSSR count). The first kappa shape index (κ1) is 16.1. The van der Waals surface area contributed by atoms with Crippen molar-refractivity contribution < 1.29 is 14.7 Å². The summed E-state index contributed by atoms with van der Waals surface area (Å²) in [7, 11) is 0. The number of carbonyl (C=O) groups excluding carboxylic acids is 1. The Morgan fingerprint density at radius 2 is 1.95 bits per heavy atom. The predicted molar refractivity (Wildman–Crippen MR) is 80.2 cm³/mol. The molecule has 0 aromatic heterocycles. The van der Waals surface area contributed by atoms with Crippen molar-refractivity contribution in [3.63, 3.8) is 0 Å². The molecular weight excluding hydrogens is 270 g/mol. The standard InChI is InChI=1S/C15H27N3O3/c1-2-9-18(13-5-7-16-8-6-13)15(21)17-12-4-3-11(10-12)14(19)20/h11-13,16H,2-10H2,1H3,(H,17,21)(H,19,20). The molecule has 120 valence electrons. The summed E-state index contributed by atoms with van der Waals surface area (Å²) in [5.74, 6) is -1.04. The van der Waals surface area contributed by atoms with E-state index in [0.717, 1.165) is 45.3 Å². The molecule has 2 unspecified atom stereocenters. The SMILES string of the molecule is CCCN(C(=O)NC1CCC(C(=O)O)C1)C1CCNCC1. The van der Waals surface area contributed by atoms with E-state index in [9.17, 15) is 9.59 Å². The average Bonchev–Trinajstić information content (AvgIpc) is 2.94. The Labute approximate surface area is 126 Å². The van der Waals surface area contributed by atoms with Crippen molar-refractivity contribution in [1.82, 2.24) is 15.5 Å². The molecule has 2 aliphatic rings. The lowest BCUT2D eigenvalue weighted by atomic mass is 10.0. The lowest BCUT2D eigenvalue weighted by Crippen LogP contribution is -2.52. The Morgan fingerprint density at radius 1 is 1.24 bits per heavy atom. The van der Waals surface area contributed by atoms with Gasteiger partial charge in [0.25, 0.3) is 0 Å². The summed E-state index contributed by atoms with van der Waals surface area (Å²) in [5, 5.41) is 15.4. The number of rotatable bonds is 5. The zero-order valence-electron chi connectivity index (χ0n) is 12.8. The van der Waals surface area contributed by atoms with Gasteiger partial charge in [-0.1, -0.05) is 6.92 Å². The number of piperidine rings is 1. The molecule has 2 fully saturated rings. The zero-order chi connectivity index (χ0) is 15.2. The maximum Gasteiger partial charge on any atom is 0.317 e. The van der Waals surface area contributed by atoms with Gasteiger partial charge in [0.15, 0.2) is 0 Å². The number of carbonyl (C=O) groups is 2. The molecule has 0 spiro atoms. The molecule has 21 heavy (non-hydrogen) atoms. The highest BCUT2D eigenvalue weighted by atomic mass is 16.4. The van der Waals surface area contributed by atoms with E-state index in [0.29, 0.717) is 18.9 Å². The van der Waals surface area contributed by atoms with Crippen LogP contribution in [0, 0.1) is 5.92 Å². The minimum Gasteiger partial charge on any atom is -0.481 e. The summed E-state index contributed by atoms with van der Waals surface area (Å²) in [4.78, 5) is 25.5. The molecule has 1 heterocycles. The van der Waals surface area contributed by atoms with Crippen molar-refractivity contribution in [2.45, 2.75) is 57.5 Å². The minimum absolute atomic E-state index is 0.0136. The van der Waals surface area contributed by atoms with Gasteiger partial charge in [-0.2, -0.15) is 0 Å². The van der Waals surface area contributed by atoms with E-state index in [1.165, 1.54) is 0 Å². The first-order valence-corrected chi connectivity index (χ1v) is 8.12. The molecule has 0 aromatic rings. The molecule has 3 N–H and O–H groups in total. The number of urea groups is 1. The second-order valence-electron chi connectivity index (χ2n) is 6.17. The number of hydrogen-bond acceptors (Lipinski definition) is 3. The van der Waals surface area contributed by atoms with Gasteiger partial charge in [0.2, 0.25) is 0 Å². The summed E-state index contributed by atoms with van der Waals surface area (Å²) in [6.07, 6.45) is 4.94. The van der Waals surface area contributed by atoms with Crippen LogP contribution >= 0.6 is 0 Å². The summed E-state index contributed by atoms with van der Waals surface area (Å²) in [5.41, 5.74) is 0. The monoisotopic (exact) mass is 297 g/mol. The molecule has 6 heteroatoms. The van der Waals surface area contributed by atoms with Gasteiger partial charge in [-0.3, -0.25) is 4.79 Å². The molecule has 0 aromatic carbocycles. The van der Waals surface area contributed by atoms with Crippen LogP contribution in [0.4, 0.5) is 4.79 Å². The predicted octanol–water partition coefficient (Wildman–Crippen LogP) is 1.41. The molecule has 1 saturated heterocycles. The first-order valence-electron chi connectivity index (χ1n) is 8.12. The van der Waals surface area contributed by atoms with Crippen molar-refractivity contribution >= 4 is 12.0 Å².